The van der Waals surface area contributed by atoms with Crippen molar-refractivity contribution in [3.63, 3.8) is 0 Å². The molecule has 1 amide bonds. The minimum absolute atomic E-state index is 0.118. The smallest absolute Gasteiger partial charge is 0.260 e. The summed E-state index contributed by atoms with van der Waals surface area (Å²) in [5.74, 6) is 2.67. The van der Waals surface area contributed by atoms with Crippen molar-refractivity contribution in [3.05, 3.63) is 112 Å². The van der Waals surface area contributed by atoms with Gasteiger partial charge in [0.2, 0.25) is 0 Å². The Morgan fingerprint density at radius 1 is 1.00 bits per heavy atom. The highest BCUT2D eigenvalue weighted by Crippen LogP contribution is 2.39. The van der Waals surface area contributed by atoms with Crippen LogP contribution in [-0.4, -0.2) is 35.1 Å². The molecule has 2 aliphatic rings. The SMILES string of the molecule is COc1ccc(CNc2nc3cc(CN(C(=O)c4ccc(C5CC5)nc4)c4cccnc4C)ccc3c3c2COC3)c(OC)c1. The van der Waals surface area contributed by atoms with Crippen molar-refractivity contribution < 1.29 is 19.0 Å². The predicted octanol–water partition coefficient (Wildman–Crippen LogP) is 6.72. The van der Waals surface area contributed by atoms with E-state index in [1.807, 2.05) is 49.4 Å². The third kappa shape index (κ3) is 5.79. The Bertz CT molecular complexity index is 1890. The number of hydrogen-bond donors (Lipinski definition) is 1. The van der Waals surface area contributed by atoms with Crippen LogP contribution in [0.5, 0.6) is 11.5 Å². The Labute approximate surface area is 262 Å². The van der Waals surface area contributed by atoms with Gasteiger partial charge in [-0.15, -0.1) is 0 Å². The van der Waals surface area contributed by atoms with E-state index in [-0.39, 0.29) is 5.91 Å². The van der Waals surface area contributed by atoms with Crippen LogP contribution in [0, 0.1) is 6.92 Å². The van der Waals surface area contributed by atoms with Gasteiger partial charge in [-0.1, -0.05) is 12.1 Å². The van der Waals surface area contributed by atoms with Crippen molar-refractivity contribution in [3.8, 4) is 11.5 Å². The van der Waals surface area contributed by atoms with Gasteiger partial charge in [-0.2, -0.15) is 0 Å². The fourth-order valence-electron chi connectivity index (χ4n) is 5.93. The molecule has 228 valence electrons. The molecule has 9 nitrogen and oxygen atoms in total. The minimum Gasteiger partial charge on any atom is -0.497 e. The van der Waals surface area contributed by atoms with Crippen molar-refractivity contribution in [2.75, 3.05) is 24.4 Å². The minimum atomic E-state index is -0.118. The zero-order valence-corrected chi connectivity index (χ0v) is 25.7. The van der Waals surface area contributed by atoms with Crippen LogP contribution >= 0.6 is 0 Å². The summed E-state index contributed by atoms with van der Waals surface area (Å²) in [4.78, 5) is 29.9. The predicted molar refractivity (Wildman–Crippen MR) is 173 cm³/mol. The average molecular weight is 602 g/mol. The zero-order valence-electron chi connectivity index (χ0n) is 25.7. The Morgan fingerprint density at radius 2 is 1.87 bits per heavy atom. The Balaban J connectivity index is 1.20. The highest BCUT2D eigenvalue weighted by atomic mass is 16.5. The number of pyridine rings is 3. The molecule has 45 heavy (non-hydrogen) atoms. The number of aromatic nitrogens is 3. The molecule has 1 fully saturated rings. The first-order valence-corrected chi connectivity index (χ1v) is 15.2. The van der Waals surface area contributed by atoms with Crippen LogP contribution in [0.4, 0.5) is 11.5 Å². The lowest BCUT2D eigenvalue weighted by atomic mass is 10.0. The second-order valence-electron chi connectivity index (χ2n) is 11.5. The molecule has 0 radical (unpaired) electrons. The van der Waals surface area contributed by atoms with Crippen LogP contribution < -0.4 is 19.7 Å². The van der Waals surface area contributed by atoms with Crippen LogP contribution in [0.1, 0.15) is 62.8 Å². The van der Waals surface area contributed by atoms with Crippen LogP contribution in [0.15, 0.2) is 73.1 Å². The maximum Gasteiger partial charge on any atom is 0.260 e. The van der Waals surface area contributed by atoms with Gasteiger partial charge in [0.15, 0.2) is 0 Å². The fourth-order valence-corrected chi connectivity index (χ4v) is 5.93. The lowest BCUT2D eigenvalue weighted by Gasteiger charge is -2.24. The van der Waals surface area contributed by atoms with Crippen LogP contribution in [0.3, 0.4) is 0 Å². The lowest BCUT2D eigenvalue weighted by molar-refractivity contribution is 0.0984. The van der Waals surface area contributed by atoms with Gasteiger partial charge in [0.1, 0.15) is 17.3 Å². The quantitative estimate of drug-likeness (QED) is 0.188. The summed E-state index contributed by atoms with van der Waals surface area (Å²) in [6.07, 6.45) is 5.78. The van der Waals surface area contributed by atoms with E-state index >= 15 is 0 Å². The lowest BCUT2D eigenvalue weighted by Crippen LogP contribution is -2.31. The molecular formula is C36H35N5O4. The molecule has 1 saturated carbocycles. The van der Waals surface area contributed by atoms with E-state index in [2.05, 4.69) is 33.5 Å². The van der Waals surface area contributed by atoms with Gasteiger partial charge in [-0.25, -0.2) is 4.98 Å². The molecule has 9 heteroatoms. The van der Waals surface area contributed by atoms with Crippen LogP contribution in [0.2, 0.25) is 0 Å². The number of carbonyl (C=O) groups excluding carboxylic acids is 1. The first-order valence-electron chi connectivity index (χ1n) is 15.2. The number of benzene rings is 2. The van der Waals surface area contributed by atoms with E-state index in [4.69, 9.17) is 19.2 Å². The molecule has 7 rings (SSSR count). The molecule has 0 bridgehead atoms. The number of methoxy groups -OCH3 is 2. The van der Waals surface area contributed by atoms with Crippen molar-refractivity contribution in [1.82, 2.24) is 15.0 Å². The number of nitrogens with one attached hydrogen (secondary N) is 1. The number of nitrogens with zero attached hydrogens (tertiary/aromatic N) is 4. The van der Waals surface area contributed by atoms with E-state index in [9.17, 15) is 4.79 Å². The van der Waals surface area contributed by atoms with Crippen molar-refractivity contribution in [1.29, 1.82) is 0 Å². The largest absolute Gasteiger partial charge is 0.497 e. The summed E-state index contributed by atoms with van der Waals surface area (Å²) in [7, 11) is 3.29. The van der Waals surface area contributed by atoms with Gasteiger partial charge in [-0.05, 0) is 73.4 Å². The Hall–Kier alpha value is -5.02. The molecule has 0 saturated heterocycles. The molecule has 1 N–H and O–H groups in total. The molecule has 5 aromatic rings. The highest BCUT2D eigenvalue weighted by molar-refractivity contribution is 6.06. The van der Waals surface area contributed by atoms with Crippen LogP contribution in [0.25, 0.3) is 10.9 Å². The second kappa shape index (κ2) is 12.2. The molecule has 2 aromatic carbocycles. The summed E-state index contributed by atoms with van der Waals surface area (Å²) >= 11 is 0. The normalized spacial score (nSPS) is 13.8. The first-order chi connectivity index (χ1) is 22.0. The highest BCUT2D eigenvalue weighted by Gasteiger charge is 2.27. The number of anilines is 2. The Kier molecular flexibility index (Phi) is 7.77. The molecule has 4 heterocycles. The summed E-state index contributed by atoms with van der Waals surface area (Å²) in [6, 6.07) is 19.7. The summed E-state index contributed by atoms with van der Waals surface area (Å²) < 4.78 is 16.8. The van der Waals surface area contributed by atoms with Gasteiger partial charge in [0.25, 0.3) is 5.91 Å². The maximum atomic E-state index is 14.0. The molecule has 1 aliphatic heterocycles. The topological polar surface area (TPSA) is 98.7 Å². The molecule has 0 spiro atoms. The van der Waals surface area contributed by atoms with E-state index in [1.165, 1.54) is 12.8 Å². The van der Waals surface area contributed by atoms with Crippen LogP contribution in [-0.2, 0) is 31.0 Å². The van der Waals surface area contributed by atoms with Gasteiger partial charge >= 0.3 is 0 Å². The number of carbonyl (C=O) groups is 1. The molecule has 0 atom stereocenters. The second-order valence-corrected chi connectivity index (χ2v) is 11.5. The molecular weight excluding hydrogens is 566 g/mol. The van der Waals surface area contributed by atoms with E-state index in [0.29, 0.717) is 37.8 Å². The number of rotatable bonds is 10. The maximum absolute atomic E-state index is 14.0. The van der Waals surface area contributed by atoms with Gasteiger partial charge in [0, 0.05) is 53.1 Å². The summed E-state index contributed by atoms with van der Waals surface area (Å²) in [5, 5.41) is 4.57. The monoisotopic (exact) mass is 601 g/mol. The summed E-state index contributed by atoms with van der Waals surface area (Å²) in [6.45, 7) is 3.82. The summed E-state index contributed by atoms with van der Waals surface area (Å²) in [5.41, 5.74) is 8.13. The molecule has 3 aromatic heterocycles. The number of hydrogen-bond acceptors (Lipinski definition) is 8. The van der Waals surface area contributed by atoms with E-state index in [1.54, 1.807) is 31.5 Å². The molecule has 0 unspecified atom stereocenters. The first kappa shape index (κ1) is 28.7. The van der Waals surface area contributed by atoms with Crippen molar-refractivity contribution in [2.45, 2.75) is 52.0 Å². The van der Waals surface area contributed by atoms with Crippen molar-refractivity contribution in [2.24, 2.45) is 0 Å². The number of aryl methyl sites for hydroxylation is 1. The molecule has 1 aliphatic carbocycles. The fraction of sp³-hybridized carbons (Fsp3) is 0.278. The standard InChI is InChI=1S/C36H35N5O4/c1-22-33(5-4-14-37-22)41(36(42)26-10-13-31(38-18-26)24-7-8-24)19-23-6-12-28-29-20-45-21-30(29)35(40-32(28)15-23)39-17-25-9-11-27(43-2)16-34(25)44-3/h4-6,9-16,18,24H,7-8,17,19-21H2,1-3H3,(H,39,40). The van der Waals surface area contributed by atoms with E-state index in [0.717, 1.165) is 67.5 Å². The average Bonchev–Trinajstić information content (AvgIpc) is 3.81. The third-order valence-electron chi connectivity index (χ3n) is 8.59. The number of ether oxygens (including phenoxy) is 3. The van der Waals surface area contributed by atoms with Gasteiger partial charge in [-0.3, -0.25) is 14.8 Å². The third-order valence-corrected chi connectivity index (χ3v) is 8.59. The Morgan fingerprint density at radius 3 is 2.62 bits per heavy atom. The number of fused-ring (bicyclic) bond motifs is 3. The zero-order chi connectivity index (χ0) is 30.9. The van der Waals surface area contributed by atoms with Crippen molar-refractivity contribution >= 4 is 28.3 Å². The van der Waals surface area contributed by atoms with Gasteiger partial charge in [0.05, 0.1) is 56.4 Å². The van der Waals surface area contributed by atoms with Gasteiger partial charge < -0.3 is 24.4 Å². The van der Waals surface area contributed by atoms with E-state index < -0.39 is 0 Å². The number of amides is 1.